The molecular formula is C107H124N2Si4. The summed E-state index contributed by atoms with van der Waals surface area (Å²) in [6.45, 7) is 47.9. The van der Waals surface area contributed by atoms with Gasteiger partial charge in [-0.15, -0.1) is 0 Å². The van der Waals surface area contributed by atoms with Gasteiger partial charge in [0.05, 0.1) is 23.3 Å². The van der Waals surface area contributed by atoms with E-state index < -0.39 is 32.3 Å². The Kier molecular flexibility index (Phi) is 30.1. The van der Waals surface area contributed by atoms with Gasteiger partial charge in [0.25, 0.3) is 0 Å². The molecule has 0 N–H and O–H groups in total. The van der Waals surface area contributed by atoms with E-state index in [4.69, 9.17) is 10.5 Å². The van der Waals surface area contributed by atoms with Crippen molar-refractivity contribution in [1.29, 1.82) is 10.5 Å². The van der Waals surface area contributed by atoms with Crippen LogP contribution >= 0.6 is 0 Å². The van der Waals surface area contributed by atoms with Gasteiger partial charge in [-0.05, 0) is 129 Å². The molecule has 0 spiro atoms. The average molecular weight is 1550 g/mol. The van der Waals surface area contributed by atoms with E-state index in [1.807, 2.05) is 42.5 Å². The summed E-state index contributed by atoms with van der Waals surface area (Å²) in [6, 6.07) is 138. The lowest BCUT2D eigenvalue weighted by atomic mass is 9.84. The van der Waals surface area contributed by atoms with Crippen LogP contribution < -0.4 is 57.1 Å². The van der Waals surface area contributed by atoms with Crippen LogP contribution in [0.2, 0.25) is 29.7 Å². The van der Waals surface area contributed by atoms with Crippen LogP contribution in [-0.2, 0) is 21.7 Å². The molecule has 0 heterocycles. The summed E-state index contributed by atoms with van der Waals surface area (Å²) in [5.41, 5.74) is 7.06. The summed E-state index contributed by atoms with van der Waals surface area (Å²) in [5, 5.41) is 34.1. The molecule has 2 nitrogen and oxygen atoms in total. The van der Waals surface area contributed by atoms with Crippen LogP contribution in [0, 0.1) is 22.7 Å². The first-order chi connectivity index (χ1) is 53.5. The van der Waals surface area contributed by atoms with Gasteiger partial charge in [-0.1, -0.05) is 496 Å². The number of hydrogen-bond donors (Lipinski definition) is 0. The van der Waals surface area contributed by atoms with Gasteiger partial charge in [0.1, 0.15) is 0 Å². The van der Waals surface area contributed by atoms with E-state index in [1.54, 1.807) is 0 Å². The number of benzene rings is 13. The summed E-state index contributed by atoms with van der Waals surface area (Å²) in [7, 11) is -7.78. The summed E-state index contributed by atoms with van der Waals surface area (Å²) in [4.78, 5) is 0. The molecule has 0 unspecified atom stereocenters. The van der Waals surface area contributed by atoms with Crippen molar-refractivity contribution in [3.63, 3.8) is 0 Å². The molecule has 6 heteroatoms. The van der Waals surface area contributed by atoms with Gasteiger partial charge in [0.2, 0.25) is 0 Å². The minimum absolute atomic E-state index is 0.0618. The van der Waals surface area contributed by atoms with Crippen molar-refractivity contribution in [1.82, 2.24) is 0 Å². The molecule has 113 heavy (non-hydrogen) atoms. The fourth-order valence-electron chi connectivity index (χ4n) is 14.7. The van der Waals surface area contributed by atoms with Gasteiger partial charge in [-0.2, -0.15) is 10.5 Å². The Morgan fingerprint density at radius 2 is 0.460 bits per heavy atom. The van der Waals surface area contributed by atoms with Gasteiger partial charge in [-0.25, -0.2) is 0 Å². The van der Waals surface area contributed by atoms with Crippen molar-refractivity contribution >= 4 is 89.3 Å². The molecular weight excluding hydrogens is 1430 g/mol. The standard InChI is InChI=1S/2C28H28Si.C22H24Si.2C11H13N.C7H18Si/c1-28(2,3)23-14-13-21-27(22-23)29(24-15-7-4-8-16-24,25-17-9-5-10-18-25)26-19-11-6-12-20-26;1-28(2,3)23-19-21-27(22-20-23)29(24-13-7-4-8-14-24,25-15-9-5-10-16-25)26-17-11-6-12-18-26;1-22(2,3)23(19-13-7-4-8-14-19,20-15-9-5-10-16-20)21-17-11-6-12-18-21;1-11(2,3)10-6-4-5-9(7-10)8-12;1-11(2,3)10-7-5-4-6-9(10)8-12;1-7(2,3)8(4,5)6/h2*4-22H,1-3H3;4-18H,1-3H3;2*4-7H,1-3H3;1-6H3. The molecule has 0 saturated carbocycles. The normalized spacial score (nSPS) is 11.9. The van der Waals surface area contributed by atoms with Gasteiger partial charge in [-0.3, -0.25) is 0 Å². The highest BCUT2D eigenvalue weighted by molar-refractivity contribution is 7.20. The zero-order chi connectivity index (χ0) is 82.4. The number of hydrogen-bond acceptors (Lipinski definition) is 2. The smallest absolute Gasteiger partial charge is 0.179 e. The maximum Gasteiger partial charge on any atom is 0.179 e. The van der Waals surface area contributed by atoms with E-state index in [1.165, 1.54) is 73.7 Å². The highest BCUT2D eigenvalue weighted by atomic mass is 28.3. The molecule has 13 rings (SSSR count). The molecule has 0 saturated heterocycles. The molecule has 0 aliphatic heterocycles. The first kappa shape index (κ1) is 88.3. The molecule has 0 radical (unpaired) electrons. The quantitative estimate of drug-likeness (QED) is 0.0957. The van der Waals surface area contributed by atoms with E-state index in [2.05, 4.69) is 484 Å². The van der Waals surface area contributed by atoms with Crippen LogP contribution in [0.15, 0.2) is 370 Å². The number of rotatable bonds is 11. The second kappa shape index (κ2) is 38.5. The summed E-state index contributed by atoms with van der Waals surface area (Å²) >= 11 is 0. The lowest BCUT2D eigenvalue weighted by Gasteiger charge is -2.44. The van der Waals surface area contributed by atoms with Crippen molar-refractivity contribution in [2.75, 3.05) is 0 Å². The van der Waals surface area contributed by atoms with Gasteiger partial charge in [0.15, 0.2) is 24.2 Å². The van der Waals surface area contributed by atoms with E-state index in [9.17, 15) is 0 Å². The highest BCUT2D eigenvalue weighted by Gasteiger charge is 2.49. The first-order valence-electron chi connectivity index (χ1n) is 40.2. The molecule has 0 fully saturated rings. The molecule has 578 valence electrons. The fraction of sp³-hybridized carbons (Fsp3) is 0.252. The Morgan fingerprint density at radius 1 is 0.212 bits per heavy atom. The lowest BCUT2D eigenvalue weighted by Crippen LogP contribution is -2.74. The molecule has 0 atom stereocenters. The van der Waals surface area contributed by atoms with E-state index >= 15 is 0 Å². The van der Waals surface area contributed by atoms with Crippen LogP contribution in [0.1, 0.15) is 158 Å². The minimum atomic E-state index is -2.41. The Balaban J connectivity index is 0.000000179. The van der Waals surface area contributed by atoms with Crippen LogP contribution in [0.3, 0.4) is 0 Å². The largest absolute Gasteiger partial charge is 0.192 e. The first-order valence-corrected chi connectivity index (χ1v) is 49.7. The van der Waals surface area contributed by atoms with E-state index in [0.29, 0.717) is 5.04 Å². The van der Waals surface area contributed by atoms with E-state index in [0.717, 1.165) is 16.7 Å². The van der Waals surface area contributed by atoms with Crippen LogP contribution in [0.25, 0.3) is 0 Å². The van der Waals surface area contributed by atoms with E-state index in [-0.39, 0.29) is 26.7 Å². The maximum atomic E-state index is 8.83. The number of nitriles is 2. The van der Waals surface area contributed by atoms with Gasteiger partial charge >= 0.3 is 0 Å². The highest BCUT2D eigenvalue weighted by Crippen LogP contribution is 2.37. The van der Waals surface area contributed by atoms with Crippen molar-refractivity contribution in [2.45, 2.75) is 176 Å². The predicted octanol–water partition coefficient (Wildman–Crippen LogP) is 21.5. The third kappa shape index (κ3) is 21.9. The molecule has 13 aromatic rings. The zero-order valence-corrected chi connectivity index (χ0v) is 75.6. The van der Waals surface area contributed by atoms with Crippen LogP contribution in [-0.4, -0.2) is 32.3 Å². The minimum Gasteiger partial charge on any atom is -0.192 e. The second-order valence-electron chi connectivity index (χ2n) is 36.8. The van der Waals surface area contributed by atoms with Crippen LogP contribution in [0.4, 0.5) is 0 Å². The maximum absolute atomic E-state index is 8.83. The Morgan fingerprint density at radius 3 is 0.717 bits per heavy atom. The third-order valence-corrected chi connectivity index (χ3v) is 42.2. The molecule has 0 amide bonds. The Hall–Kier alpha value is -10.3. The fourth-order valence-corrected chi connectivity index (χ4v) is 29.9. The van der Waals surface area contributed by atoms with Crippen molar-refractivity contribution in [3.8, 4) is 12.1 Å². The Bertz CT molecular complexity index is 4780. The van der Waals surface area contributed by atoms with Crippen molar-refractivity contribution in [3.05, 3.63) is 403 Å². The average Bonchev–Trinajstić information content (AvgIpc) is 0.736. The Labute approximate surface area is 686 Å². The predicted molar refractivity (Wildman–Crippen MR) is 504 cm³/mol. The molecule has 0 bridgehead atoms. The molecule has 0 aliphatic rings. The van der Waals surface area contributed by atoms with Crippen molar-refractivity contribution < 1.29 is 0 Å². The van der Waals surface area contributed by atoms with Crippen LogP contribution in [0.5, 0.6) is 0 Å². The topological polar surface area (TPSA) is 47.6 Å². The third-order valence-electron chi connectivity index (χ3n) is 22.3. The SMILES string of the molecule is CC(C)(C)[Si](C)(C)C.CC(C)(C)[Si](c1ccccc1)(c1ccccc1)c1ccccc1.CC(C)(C)c1ccc([Si](c2ccccc2)(c2ccccc2)c2ccccc2)cc1.CC(C)(C)c1cccc(C#N)c1.CC(C)(C)c1cccc([Si](c2ccccc2)(c2ccccc2)c2ccccc2)c1.CC(C)(C)c1ccccc1C#N. The number of nitrogens with zero attached hydrogens (tertiary/aromatic N) is 2. The monoisotopic (exact) mass is 1550 g/mol. The van der Waals surface area contributed by atoms with Gasteiger partial charge < -0.3 is 0 Å². The molecule has 13 aromatic carbocycles. The van der Waals surface area contributed by atoms with Crippen molar-refractivity contribution in [2.24, 2.45) is 0 Å². The summed E-state index contributed by atoms with van der Waals surface area (Å²) in [6.07, 6.45) is 0. The molecule has 0 aliphatic carbocycles. The zero-order valence-electron chi connectivity index (χ0n) is 71.6. The van der Waals surface area contributed by atoms with Gasteiger partial charge in [0, 0.05) is 8.07 Å². The summed E-state index contributed by atoms with van der Waals surface area (Å²) in [5.74, 6) is 0. The molecule has 0 aromatic heterocycles. The summed E-state index contributed by atoms with van der Waals surface area (Å²) < 4.78 is 0. The second-order valence-corrected chi connectivity index (χ2v) is 55.2. The lowest BCUT2D eigenvalue weighted by molar-refractivity contribution is 0.588.